The lowest BCUT2D eigenvalue weighted by Crippen LogP contribution is -2.37. The maximum atomic E-state index is 15.8. The molecule has 1 aliphatic carbocycles. The van der Waals surface area contributed by atoms with E-state index in [2.05, 4.69) is 0 Å². The standard InChI is InChI=1S/C24H10F4O8/c25-10-3-7(20(29)30)13-8(21(31)32)4-11(26)17-16-12(27)5-9(22(33)34)19-15(16)6(14(10)18(13)17)1-2-24(19,28)23(35)36/h1,3-5H,2H2,(H,29,30)(H,31,32)(H,33,34)(H,35,36). The highest BCUT2D eigenvalue weighted by Gasteiger charge is 2.47. The van der Waals surface area contributed by atoms with Gasteiger partial charge in [-0.15, -0.1) is 0 Å². The molecule has 1 atom stereocenters. The van der Waals surface area contributed by atoms with Crippen molar-refractivity contribution >= 4 is 62.3 Å². The Morgan fingerprint density at radius 2 is 1.08 bits per heavy atom. The summed E-state index contributed by atoms with van der Waals surface area (Å²) in [6.45, 7) is 0. The van der Waals surface area contributed by atoms with E-state index in [1.54, 1.807) is 0 Å². The molecule has 36 heavy (non-hydrogen) atoms. The molecule has 4 N–H and O–H groups in total. The summed E-state index contributed by atoms with van der Waals surface area (Å²) in [5, 5.41) is 33.5. The predicted molar refractivity (Wildman–Crippen MR) is 114 cm³/mol. The molecule has 4 aromatic carbocycles. The molecule has 0 amide bonds. The third-order valence-electron chi connectivity index (χ3n) is 6.39. The van der Waals surface area contributed by atoms with Crippen LogP contribution in [0.15, 0.2) is 18.2 Å². The van der Waals surface area contributed by atoms with Crippen LogP contribution in [-0.4, -0.2) is 44.3 Å². The monoisotopic (exact) mass is 502 g/mol. The minimum atomic E-state index is -3.42. The van der Waals surface area contributed by atoms with Crippen LogP contribution in [0.2, 0.25) is 0 Å². The molecule has 12 heteroatoms. The number of carboxylic acids is 4. The van der Waals surface area contributed by atoms with Gasteiger partial charge >= 0.3 is 23.9 Å². The van der Waals surface area contributed by atoms with E-state index in [9.17, 15) is 39.6 Å². The van der Waals surface area contributed by atoms with E-state index in [0.717, 1.165) is 6.08 Å². The van der Waals surface area contributed by atoms with Crippen LogP contribution in [0, 0.1) is 17.5 Å². The Morgan fingerprint density at radius 3 is 1.56 bits per heavy atom. The molecule has 0 aromatic heterocycles. The number of hydrogen-bond acceptors (Lipinski definition) is 4. The molecule has 1 unspecified atom stereocenters. The van der Waals surface area contributed by atoms with Crippen LogP contribution < -0.4 is 5.22 Å². The summed E-state index contributed by atoms with van der Waals surface area (Å²) in [5.74, 6) is -11.9. The quantitative estimate of drug-likeness (QED) is 0.187. The molecule has 1 aliphatic rings. The molecule has 0 bridgehead atoms. The van der Waals surface area contributed by atoms with Crippen LogP contribution in [-0.2, 0) is 10.5 Å². The highest BCUT2D eigenvalue weighted by Crippen LogP contribution is 2.46. The van der Waals surface area contributed by atoms with Gasteiger partial charge in [0.1, 0.15) is 17.5 Å². The second-order valence-corrected chi connectivity index (χ2v) is 8.19. The zero-order chi connectivity index (χ0) is 26.4. The topological polar surface area (TPSA) is 149 Å². The molecule has 0 spiro atoms. The molecule has 0 fully saturated rings. The fourth-order valence-electron chi connectivity index (χ4n) is 5.03. The van der Waals surface area contributed by atoms with E-state index < -0.39 is 113 Å². The van der Waals surface area contributed by atoms with E-state index in [0.29, 0.717) is 12.1 Å². The number of fused-ring (bicyclic) bond motifs is 2. The Morgan fingerprint density at radius 1 is 0.639 bits per heavy atom. The van der Waals surface area contributed by atoms with E-state index >= 15 is 17.6 Å². The van der Waals surface area contributed by atoms with Gasteiger partial charge in [0.05, 0.1) is 16.7 Å². The van der Waals surface area contributed by atoms with Crippen LogP contribution in [0.3, 0.4) is 0 Å². The van der Waals surface area contributed by atoms with Crippen LogP contribution in [0.4, 0.5) is 17.6 Å². The van der Waals surface area contributed by atoms with Gasteiger partial charge in [-0.25, -0.2) is 36.7 Å². The first-order valence-corrected chi connectivity index (χ1v) is 10.00. The van der Waals surface area contributed by atoms with Gasteiger partial charge in [-0.1, -0.05) is 6.08 Å². The Labute approximate surface area is 195 Å². The zero-order valence-corrected chi connectivity index (χ0v) is 17.5. The average molecular weight is 502 g/mol. The van der Waals surface area contributed by atoms with Crippen molar-refractivity contribution in [2.24, 2.45) is 0 Å². The first kappa shape index (κ1) is 23.0. The maximum absolute atomic E-state index is 15.8. The number of rotatable bonds is 4. The lowest BCUT2D eigenvalue weighted by atomic mass is 9.77. The Bertz CT molecular complexity index is 1810. The second-order valence-electron chi connectivity index (χ2n) is 8.19. The summed E-state index contributed by atoms with van der Waals surface area (Å²) in [7, 11) is 0. The number of hydrogen-bond donors (Lipinski definition) is 4. The molecule has 182 valence electrons. The fraction of sp³-hybridized carbons (Fsp3) is 0.0833. The summed E-state index contributed by atoms with van der Waals surface area (Å²) in [5.41, 5.74) is -7.30. The van der Waals surface area contributed by atoms with Gasteiger partial charge in [0.2, 0.25) is 5.67 Å². The molecule has 5 rings (SSSR count). The van der Waals surface area contributed by atoms with E-state index in [4.69, 9.17) is 0 Å². The molecule has 0 radical (unpaired) electrons. The largest absolute Gasteiger partial charge is 0.479 e. The first-order chi connectivity index (χ1) is 16.8. The van der Waals surface area contributed by atoms with Gasteiger partial charge in [-0.05, 0) is 23.4 Å². The number of alkyl halides is 1. The summed E-state index contributed by atoms with van der Waals surface area (Å²) < 4.78 is 62.1. The second kappa shape index (κ2) is 7.13. The minimum absolute atomic E-state index is 0.287. The minimum Gasteiger partial charge on any atom is -0.479 e. The molecule has 0 heterocycles. The Balaban J connectivity index is 2.27. The van der Waals surface area contributed by atoms with E-state index in [1.807, 2.05) is 0 Å². The van der Waals surface area contributed by atoms with E-state index in [1.165, 1.54) is 0 Å². The van der Waals surface area contributed by atoms with Crippen LogP contribution >= 0.6 is 0 Å². The van der Waals surface area contributed by atoms with Gasteiger partial charge in [0.25, 0.3) is 0 Å². The van der Waals surface area contributed by atoms with Gasteiger partial charge in [-0.3, -0.25) is 0 Å². The SMILES string of the molecule is O=C(O)c1cc(F)c2c3c1C(F)(C(=O)O)CC=c3c1c(F)cc(C(=O)O)c3c(C(=O)O)cc(F)c2c31. The number of carbonyl (C=O) groups is 4. The number of aliphatic carboxylic acids is 1. The molecule has 0 saturated carbocycles. The predicted octanol–water partition coefficient (Wildman–Crippen LogP) is 3.81. The van der Waals surface area contributed by atoms with Crippen molar-refractivity contribution in [3.63, 3.8) is 0 Å². The lowest BCUT2D eigenvalue weighted by molar-refractivity contribution is -0.151. The van der Waals surface area contributed by atoms with Crippen molar-refractivity contribution in [1.82, 2.24) is 0 Å². The summed E-state index contributed by atoms with van der Waals surface area (Å²) in [6, 6.07) is 1.11. The lowest BCUT2D eigenvalue weighted by Gasteiger charge is -2.28. The highest BCUT2D eigenvalue weighted by molar-refractivity contribution is 6.29. The third-order valence-corrected chi connectivity index (χ3v) is 6.39. The maximum Gasteiger partial charge on any atom is 0.346 e. The summed E-state index contributed by atoms with van der Waals surface area (Å²) >= 11 is 0. The summed E-state index contributed by atoms with van der Waals surface area (Å²) in [6.07, 6.45) is -0.189. The summed E-state index contributed by atoms with van der Waals surface area (Å²) in [4.78, 5) is 47.4. The number of carboxylic acid groups (broad SMARTS) is 4. The van der Waals surface area contributed by atoms with Gasteiger partial charge in [-0.2, -0.15) is 0 Å². The third kappa shape index (κ3) is 2.69. The van der Waals surface area contributed by atoms with Gasteiger partial charge < -0.3 is 20.4 Å². The normalized spacial score (nSPS) is 16.9. The zero-order valence-electron chi connectivity index (χ0n) is 17.5. The molecular formula is C24H10F4O8. The Hall–Kier alpha value is -4.74. The average Bonchev–Trinajstić information content (AvgIpc) is 2.79. The van der Waals surface area contributed by atoms with Crippen molar-refractivity contribution in [2.45, 2.75) is 12.1 Å². The van der Waals surface area contributed by atoms with Crippen LogP contribution in [0.25, 0.3) is 38.4 Å². The number of halogens is 4. The van der Waals surface area contributed by atoms with Crippen molar-refractivity contribution in [3.05, 3.63) is 63.1 Å². The van der Waals surface area contributed by atoms with Crippen LogP contribution in [0.5, 0.6) is 0 Å². The van der Waals surface area contributed by atoms with Crippen molar-refractivity contribution in [3.8, 4) is 0 Å². The molecule has 4 aromatic rings. The van der Waals surface area contributed by atoms with Crippen molar-refractivity contribution in [1.29, 1.82) is 0 Å². The number of benzene rings is 4. The van der Waals surface area contributed by atoms with Gasteiger partial charge in [0.15, 0.2) is 0 Å². The fourth-order valence-corrected chi connectivity index (χ4v) is 5.03. The first-order valence-electron chi connectivity index (χ1n) is 10.00. The molecule has 0 aliphatic heterocycles. The molecule has 0 saturated heterocycles. The van der Waals surface area contributed by atoms with Crippen molar-refractivity contribution < 1.29 is 57.2 Å². The number of aromatic carboxylic acids is 3. The van der Waals surface area contributed by atoms with Gasteiger partial charge in [0, 0.05) is 44.3 Å². The van der Waals surface area contributed by atoms with E-state index in [-0.39, 0.29) is 6.07 Å². The smallest absolute Gasteiger partial charge is 0.346 e. The molecular weight excluding hydrogens is 492 g/mol. The van der Waals surface area contributed by atoms with Crippen molar-refractivity contribution in [2.75, 3.05) is 0 Å². The highest BCUT2D eigenvalue weighted by atomic mass is 19.1. The molecule has 8 nitrogen and oxygen atoms in total. The Kier molecular flexibility index (Phi) is 4.56. The van der Waals surface area contributed by atoms with Crippen LogP contribution in [0.1, 0.15) is 43.1 Å².